The maximum Gasteiger partial charge on any atom is 0.132 e. The fourth-order valence-corrected chi connectivity index (χ4v) is 3.40. The summed E-state index contributed by atoms with van der Waals surface area (Å²) in [5.41, 5.74) is 2.24. The van der Waals surface area contributed by atoms with E-state index in [9.17, 15) is 4.79 Å². The Kier molecular flexibility index (Phi) is 3.24. The van der Waals surface area contributed by atoms with Crippen LogP contribution in [-0.4, -0.2) is 10.8 Å². The molecule has 1 heterocycles. The minimum absolute atomic E-state index is 0.408. The van der Waals surface area contributed by atoms with Gasteiger partial charge in [0.25, 0.3) is 0 Å². The third kappa shape index (κ3) is 2.36. The highest BCUT2D eigenvalue weighted by Gasteiger charge is 2.22. The van der Waals surface area contributed by atoms with E-state index >= 15 is 0 Å². The first kappa shape index (κ1) is 11.6. The average molecular weight is 257 g/mol. The minimum atomic E-state index is 0.408. The molecule has 0 N–H and O–H groups in total. The molecule has 1 aromatic heterocycles. The molecule has 0 radical (unpaired) electrons. The lowest BCUT2D eigenvalue weighted by Crippen LogP contribution is -2.12. The van der Waals surface area contributed by atoms with Crippen LogP contribution in [0, 0.1) is 0 Å². The second kappa shape index (κ2) is 5.02. The van der Waals surface area contributed by atoms with Gasteiger partial charge in [0, 0.05) is 29.7 Å². The van der Waals surface area contributed by atoms with Gasteiger partial charge < -0.3 is 0 Å². The van der Waals surface area contributed by atoms with E-state index in [4.69, 9.17) is 4.98 Å². The number of benzene rings is 1. The summed E-state index contributed by atoms with van der Waals surface area (Å²) in [7, 11) is 0. The first-order chi connectivity index (χ1) is 8.83. The number of rotatable bonds is 2. The molecule has 0 bridgehead atoms. The molecule has 3 rings (SSSR count). The second-order valence-corrected chi connectivity index (χ2v) is 5.64. The third-order valence-corrected chi connectivity index (χ3v) is 4.49. The summed E-state index contributed by atoms with van der Waals surface area (Å²) >= 11 is 1.73. The number of hydrogen-bond acceptors (Lipinski definition) is 3. The highest BCUT2D eigenvalue weighted by Crippen LogP contribution is 2.34. The Morgan fingerprint density at radius 3 is 2.56 bits per heavy atom. The summed E-state index contributed by atoms with van der Waals surface area (Å²) in [6.07, 6.45) is 3.40. The number of aromatic nitrogens is 1. The Morgan fingerprint density at radius 1 is 1.11 bits per heavy atom. The van der Waals surface area contributed by atoms with E-state index in [1.54, 1.807) is 11.3 Å². The number of hydrogen-bond donors (Lipinski definition) is 0. The zero-order valence-electron chi connectivity index (χ0n) is 10.1. The van der Waals surface area contributed by atoms with Gasteiger partial charge in [-0.25, -0.2) is 4.98 Å². The predicted molar refractivity (Wildman–Crippen MR) is 73.8 cm³/mol. The van der Waals surface area contributed by atoms with Crippen molar-refractivity contribution in [1.82, 2.24) is 4.98 Å². The molecule has 0 amide bonds. The van der Waals surface area contributed by atoms with Gasteiger partial charge in [-0.05, 0) is 12.8 Å². The summed E-state index contributed by atoms with van der Waals surface area (Å²) in [6.45, 7) is 0. The van der Waals surface area contributed by atoms with Crippen molar-refractivity contribution in [1.29, 1.82) is 0 Å². The number of nitrogens with zero attached hydrogens (tertiary/aromatic N) is 1. The van der Waals surface area contributed by atoms with Gasteiger partial charge in [0.05, 0.1) is 10.7 Å². The van der Waals surface area contributed by atoms with E-state index in [1.165, 1.54) is 10.6 Å². The van der Waals surface area contributed by atoms with Crippen molar-refractivity contribution in [3.63, 3.8) is 0 Å². The molecule has 1 saturated carbocycles. The van der Waals surface area contributed by atoms with Crippen molar-refractivity contribution in [2.24, 2.45) is 0 Å². The van der Waals surface area contributed by atoms with Gasteiger partial charge in [0.2, 0.25) is 0 Å². The largest absolute Gasteiger partial charge is 0.300 e. The lowest BCUT2D eigenvalue weighted by Gasteiger charge is -2.18. The van der Waals surface area contributed by atoms with Crippen LogP contribution in [0.25, 0.3) is 11.3 Å². The second-order valence-electron chi connectivity index (χ2n) is 4.75. The molecule has 1 aliphatic rings. The molecule has 3 heteroatoms. The molecule has 1 aliphatic carbocycles. The van der Waals surface area contributed by atoms with E-state index in [1.807, 2.05) is 18.2 Å². The zero-order chi connectivity index (χ0) is 12.4. The highest BCUT2D eigenvalue weighted by molar-refractivity contribution is 7.10. The van der Waals surface area contributed by atoms with Crippen LogP contribution in [-0.2, 0) is 4.79 Å². The van der Waals surface area contributed by atoms with Crippen LogP contribution in [0.2, 0.25) is 0 Å². The van der Waals surface area contributed by atoms with E-state index in [-0.39, 0.29) is 0 Å². The molecule has 1 fully saturated rings. The smallest absolute Gasteiger partial charge is 0.132 e. The van der Waals surface area contributed by atoms with Crippen molar-refractivity contribution in [3.05, 3.63) is 40.7 Å². The van der Waals surface area contributed by atoms with Gasteiger partial charge in [0.1, 0.15) is 5.78 Å². The number of ketones is 1. The topological polar surface area (TPSA) is 30.0 Å². The van der Waals surface area contributed by atoms with E-state index < -0.39 is 0 Å². The van der Waals surface area contributed by atoms with Gasteiger partial charge in [-0.3, -0.25) is 4.79 Å². The van der Waals surface area contributed by atoms with Gasteiger partial charge in [0.15, 0.2) is 0 Å². The molecular formula is C15H15NOS. The number of thiazole rings is 1. The number of carbonyl (C=O) groups is 1. The van der Waals surface area contributed by atoms with Crippen LogP contribution < -0.4 is 0 Å². The Hall–Kier alpha value is -1.48. The molecule has 18 heavy (non-hydrogen) atoms. The molecule has 0 saturated heterocycles. The van der Waals surface area contributed by atoms with E-state index in [0.29, 0.717) is 11.7 Å². The molecule has 0 unspecified atom stereocenters. The van der Waals surface area contributed by atoms with Crippen LogP contribution in [0.5, 0.6) is 0 Å². The van der Waals surface area contributed by atoms with Gasteiger partial charge in [-0.1, -0.05) is 30.3 Å². The Bertz CT molecular complexity index is 537. The van der Waals surface area contributed by atoms with Crippen molar-refractivity contribution in [2.45, 2.75) is 31.6 Å². The standard InChI is InChI=1S/C15H15NOS/c17-13-8-6-12(7-9-13)15-16-14(10-18-15)11-4-2-1-3-5-11/h1-5,10,12H,6-9H2. The van der Waals surface area contributed by atoms with Crippen LogP contribution in [0.4, 0.5) is 0 Å². The highest BCUT2D eigenvalue weighted by atomic mass is 32.1. The summed E-state index contributed by atoms with van der Waals surface area (Å²) in [5, 5.41) is 3.32. The fourth-order valence-electron chi connectivity index (χ4n) is 2.40. The van der Waals surface area contributed by atoms with Gasteiger partial charge in [-0.15, -0.1) is 11.3 Å². The number of Topliss-reactive ketones (excluding diaryl/α,β-unsaturated/α-hetero) is 1. The Labute approximate surface area is 111 Å². The maximum atomic E-state index is 11.2. The molecule has 0 spiro atoms. The third-order valence-electron chi connectivity index (χ3n) is 3.48. The molecule has 2 aromatic rings. The first-order valence-corrected chi connectivity index (χ1v) is 7.23. The monoisotopic (exact) mass is 257 g/mol. The zero-order valence-corrected chi connectivity index (χ0v) is 11.0. The normalized spacial score (nSPS) is 17.0. The van der Waals surface area contributed by atoms with Crippen LogP contribution in [0.3, 0.4) is 0 Å². The van der Waals surface area contributed by atoms with Crippen LogP contribution in [0.1, 0.15) is 36.6 Å². The molecule has 92 valence electrons. The van der Waals surface area contributed by atoms with E-state index in [0.717, 1.165) is 31.4 Å². The Balaban J connectivity index is 1.80. The first-order valence-electron chi connectivity index (χ1n) is 6.35. The van der Waals surface area contributed by atoms with Gasteiger partial charge in [-0.2, -0.15) is 0 Å². The SMILES string of the molecule is O=C1CCC(c2nc(-c3ccccc3)cs2)CC1. The maximum absolute atomic E-state index is 11.2. The summed E-state index contributed by atoms with van der Waals surface area (Å²) in [5.74, 6) is 0.899. The lowest BCUT2D eigenvalue weighted by molar-refractivity contribution is -0.120. The Morgan fingerprint density at radius 2 is 1.83 bits per heavy atom. The quantitative estimate of drug-likeness (QED) is 0.812. The molecule has 2 nitrogen and oxygen atoms in total. The van der Waals surface area contributed by atoms with E-state index in [2.05, 4.69) is 17.5 Å². The number of carbonyl (C=O) groups excluding carboxylic acids is 1. The lowest BCUT2D eigenvalue weighted by atomic mass is 9.89. The fraction of sp³-hybridized carbons (Fsp3) is 0.333. The predicted octanol–water partition coefficient (Wildman–Crippen LogP) is 4.04. The average Bonchev–Trinajstić information content (AvgIpc) is 2.90. The van der Waals surface area contributed by atoms with Crippen LogP contribution >= 0.6 is 11.3 Å². The summed E-state index contributed by atoms with van der Waals surface area (Å²) in [6, 6.07) is 10.3. The van der Waals surface area contributed by atoms with Crippen molar-refractivity contribution < 1.29 is 4.79 Å². The van der Waals surface area contributed by atoms with Crippen molar-refractivity contribution in [3.8, 4) is 11.3 Å². The minimum Gasteiger partial charge on any atom is -0.300 e. The molecule has 0 aliphatic heterocycles. The van der Waals surface area contributed by atoms with Crippen molar-refractivity contribution >= 4 is 17.1 Å². The van der Waals surface area contributed by atoms with Gasteiger partial charge >= 0.3 is 0 Å². The summed E-state index contributed by atoms with van der Waals surface area (Å²) in [4.78, 5) is 16.0. The summed E-state index contributed by atoms with van der Waals surface area (Å²) < 4.78 is 0. The van der Waals surface area contributed by atoms with Crippen LogP contribution in [0.15, 0.2) is 35.7 Å². The molecule has 0 atom stereocenters. The molecule has 1 aromatic carbocycles. The van der Waals surface area contributed by atoms with Crippen molar-refractivity contribution in [2.75, 3.05) is 0 Å². The molecular weight excluding hydrogens is 242 g/mol.